The van der Waals surface area contributed by atoms with E-state index < -0.39 is 0 Å². The highest BCUT2D eigenvalue weighted by molar-refractivity contribution is 14.1. The van der Waals surface area contributed by atoms with E-state index in [2.05, 4.69) is 57.7 Å². The van der Waals surface area contributed by atoms with Crippen molar-refractivity contribution < 1.29 is 4.79 Å². The molecule has 2 aromatic carbocycles. The average molecular weight is 457 g/mol. The van der Waals surface area contributed by atoms with Crippen molar-refractivity contribution in [2.75, 3.05) is 0 Å². The molecule has 0 spiro atoms. The Morgan fingerprint density at radius 2 is 2.09 bits per heavy atom. The zero-order valence-corrected chi connectivity index (χ0v) is 15.8. The summed E-state index contributed by atoms with van der Waals surface area (Å²) in [6.45, 7) is 0. The van der Waals surface area contributed by atoms with E-state index in [1.54, 1.807) is 17.8 Å². The Bertz CT molecular complexity index is 766. The lowest BCUT2D eigenvalue weighted by Gasteiger charge is -2.19. The molecule has 0 saturated carbocycles. The largest absolute Gasteiger partial charge is 0.287 e. The predicted octanol–water partition coefficient (Wildman–Crippen LogP) is 4.20. The smallest absolute Gasteiger partial charge is 0.257 e. The van der Waals surface area contributed by atoms with Crippen LogP contribution < -0.4 is 10.9 Å². The van der Waals surface area contributed by atoms with Gasteiger partial charge in [0.1, 0.15) is 0 Å². The Morgan fingerprint density at radius 3 is 2.83 bits per heavy atom. The molecule has 23 heavy (non-hydrogen) atoms. The van der Waals surface area contributed by atoms with Gasteiger partial charge in [-0.15, -0.1) is 0 Å². The van der Waals surface area contributed by atoms with Crippen LogP contribution in [0.1, 0.15) is 5.56 Å². The molecule has 118 valence electrons. The van der Waals surface area contributed by atoms with Crippen molar-refractivity contribution in [2.24, 2.45) is 0 Å². The number of carbonyl (C=O) groups is 1. The van der Waals surface area contributed by atoms with Gasteiger partial charge in [0.25, 0.3) is 5.91 Å². The molecule has 0 fully saturated rings. The van der Waals surface area contributed by atoms with Crippen LogP contribution in [0.25, 0.3) is 0 Å². The van der Waals surface area contributed by atoms with Crippen molar-refractivity contribution in [1.29, 1.82) is 0 Å². The van der Waals surface area contributed by atoms with Gasteiger partial charge in [-0.05, 0) is 64.9 Å². The standard InChI is InChI=1S/C17H14ClIN2OS/c18-15-6-4-11(8-13-5-7-17(22)21-20-13)9-16(15)23-14-3-1-2-12(19)10-14/h1-7,9-10,13,20H,8H2,(H,21,22). The maximum atomic E-state index is 11.1. The summed E-state index contributed by atoms with van der Waals surface area (Å²) in [6.07, 6.45) is 4.21. The summed E-state index contributed by atoms with van der Waals surface area (Å²) < 4.78 is 1.20. The van der Waals surface area contributed by atoms with E-state index in [4.69, 9.17) is 11.6 Å². The second kappa shape index (κ2) is 7.70. The van der Waals surface area contributed by atoms with Gasteiger partial charge in [-0.25, -0.2) is 5.43 Å². The van der Waals surface area contributed by atoms with E-state index in [0.717, 1.165) is 16.3 Å². The van der Waals surface area contributed by atoms with Crippen LogP contribution in [-0.2, 0) is 11.2 Å². The molecule has 1 unspecified atom stereocenters. The molecule has 1 atom stereocenters. The number of halogens is 2. The minimum Gasteiger partial charge on any atom is -0.287 e. The molecular formula is C17H14ClIN2OS. The molecular weight excluding hydrogens is 443 g/mol. The topological polar surface area (TPSA) is 41.1 Å². The van der Waals surface area contributed by atoms with Gasteiger partial charge < -0.3 is 0 Å². The Balaban J connectivity index is 1.76. The first-order valence-corrected chi connectivity index (χ1v) is 9.33. The highest BCUT2D eigenvalue weighted by Crippen LogP contribution is 2.34. The fourth-order valence-electron chi connectivity index (χ4n) is 2.24. The molecule has 2 N–H and O–H groups in total. The molecule has 2 aromatic rings. The van der Waals surface area contributed by atoms with Gasteiger partial charge >= 0.3 is 0 Å². The van der Waals surface area contributed by atoms with Gasteiger partial charge in [0.2, 0.25) is 0 Å². The third-order valence-electron chi connectivity index (χ3n) is 3.34. The third-order valence-corrected chi connectivity index (χ3v) is 5.50. The highest BCUT2D eigenvalue weighted by Gasteiger charge is 2.13. The number of hydrogen-bond donors (Lipinski definition) is 2. The van der Waals surface area contributed by atoms with Crippen LogP contribution >= 0.6 is 46.0 Å². The summed E-state index contributed by atoms with van der Waals surface area (Å²) in [5.41, 5.74) is 6.77. The molecule has 3 nitrogen and oxygen atoms in total. The summed E-state index contributed by atoms with van der Waals surface area (Å²) in [7, 11) is 0. The summed E-state index contributed by atoms with van der Waals surface area (Å²) in [4.78, 5) is 13.3. The minimum absolute atomic E-state index is 0.0874. The highest BCUT2D eigenvalue weighted by atomic mass is 127. The van der Waals surface area contributed by atoms with E-state index in [-0.39, 0.29) is 11.9 Å². The zero-order valence-electron chi connectivity index (χ0n) is 12.1. The first kappa shape index (κ1) is 16.8. The predicted molar refractivity (Wildman–Crippen MR) is 103 cm³/mol. The SMILES string of the molecule is O=C1C=CC(Cc2ccc(Cl)c(Sc3cccc(I)c3)c2)NN1. The quantitative estimate of drug-likeness (QED) is 0.678. The van der Waals surface area contributed by atoms with E-state index in [9.17, 15) is 4.79 Å². The lowest BCUT2D eigenvalue weighted by molar-refractivity contribution is -0.118. The van der Waals surface area contributed by atoms with Crippen LogP contribution in [0, 0.1) is 3.57 Å². The van der Waals surface area contributed by atoms with Crippen molar-refractivity contribution in [3.63, 3.8) is 0 Å². The molecule has 1 amide bonds. The maximum Gasteiger partial charge on any atom is 0.257 e. The van der Waals surface area contributed by atoms with Crippen LogP contribution in [0.5, 0.6) is 0 Å². The number of rotatable bonds is 4. The van der Waals surface area contributed by atoms with E-state index in [1.165, 1.54) is 14.0 Å². The molecule has 1 heterocycles. The third kappa shape index (κ3) is 4.73. The molecule has 1 aliphatic heterocycles. The van der Waals surface area contributed by atoms with Crippen molar-refractivity contribution in [3.8, 4) is 0 Å². The summed E-state index contributed by atoms with van der Waals surface area (Å²) in [5, 5.41) is 0.748. The maximum absolute atomic E-state index is 11.1. The Morgan fingerprint density at radius 1 is 1.22 bits per heavy atom. The number of carbonyl (C=O) groups excluding carboxylic acids is 1. The molecule has 3 rings (SSSR count). The van der Waals surface area contributed by atoms with Crippen molar-refractivity contribution >= 4 is 51.9 Å². The van der Waals surface area contributed by atoms with Crippen molar-refractivity contribution in [1.82, 2.24) is 10.9 Å². The Kier molecular flexibility index (Phi) is 5.63. The zero-order chi connectivity index (χ0) is 16.2. The molecule has 0 aliphatic carbocycles. The molecule has 6 heteroatoms. The van der Waals surface area contributed by atoms with Crippen LogP contribution in [0.2, 0.25) is 5.02 Å². The molecule has 0 radical (unpaired) electrons. The molecule has 0 bridgehead atoms. The van der Waals surface area contributed by atoms with Crippen LogP contribution in [-0.4, -0.2) is 11.9 Å². The van der Waals surface area contributed by atoms with Crippen LogP contribution in [0.15, 0.2) is 64.4 Å². The number of benzene rings is 2. The van der Waals surface area contributed by atoms with Crippen LogP contribution in [0.4, 0.5) is 0 Å². The van der Waals surface area contributed by atoms with E-state index in [1.807, 2.05) is 24.3 Å². The van der Waals surface area contributed by atoms with Gasteiger partial charge in [0.05, 0.1) is 5.02 Å². The average Bonchev–Trinajstić information content (AvgIpc) is 2.53. The normalized spacial score (nSPS) is 17.1. The molecule has 0 aromatic heterocycles. The number of hydrazine groups is 1. The van der Waals surface area contributed by atoms with E-state index in [0.29, 0.717) is 0 Å². The van der Waals surface area contributed by atoms with Gasteiger partial charge in [-0.3, -0.25) is 10.2 Å². The van der Waals surface area contributed by atoms with Gasteiger partial charge in [0, 0.05) is 25.5 Å². The lowest BCUT2D eigenvalue weighted by Crippen LogP contribution is -2.47. The van der Waals surface area contributed by atoms with Crippen LogP contribution in [0.3, 0.4) is 0 Å². The molecule has 0 saturated heterocycles. The first-order valence-electron chi connectivity index (χ1n) is 7.06. The van der Waals surface area contributed by atoms with E-state index >= 15 is 0 Å². The molecule has 1 aliphatic rings. The summed E-state index contributed by atoms with van der Waals surface area (Å²) >= 11 is 10.3. The monoisotopic (exact) mass is 456 g/mol. The lowest BCUT2D eigenvalue weighted by atomic mass is 10.1. The first-order chi connectivity index (χ1) is 11.1. The number of amides is 1. The number of hydrogen-bond acceptors (Lipinski definition) is 3. The van der Waals surface area contributed by atoms with Gasteiger partial charge in [-0.1, -0.05) is 41.6 Å². The summed E-state index contributed by atoms with van der Waals surface area (Å²) in [6, 6.07) is 14.5. The van der Waals surface area contributed by atoms with Crippen molar-refractivity contribution in [3.05, 3.63) is 68.8 Å². The second-order valence-electron chi connectivity index (χ2n) is 5.13. The second-order valence-corrected chi connectivity index (χ2v) is 7.90. The Hall–Kier alpha value is -1.02. The Labute approximate surface area is 158 Å². The fraction of sp³-hybridized carbons (Fsp3) is 0.118. The van der Waals surface area contributed by atoms with Crippen molar-refractivity contribution in [2.45, 2.75) is 22.3 Å². The number of nitrogens with one attached hydrogen (secondary N) is 2. The van der Waals surface area contributed by atoms with Gasteiger partial charge in [-0.2, -0.15) is 0 Å². The summed E-state index contributed by atoms with van der Waals surface area (Å²) in [5.74, 6) is -0.118. The minimum atomic E-state index is -0.118. The fourth-order valence-corrected chi connectivity index (χ4v) is 4.19. The van der Waals surface area contributed by atoms with Gasteiger partial charge in [0.15, 0.2) is 0 Å².